The first-order chi connectivity index (χ1) is 10.1. The Morgan fingerprint density at radius 3 is 2.38 bits per heavy atom. The molecule has 2 aromatic rings. The molecule has 2 rings (SSSR count). The second-order valence-corrected chi connectivity index (χ2v) is 5.71. The molecule has 110 valence electrons. The SMILES string of the molecule is COc1cc(Br)c(Oc2ccccc2C(N)=NO)cc1Br. The van der Waals surface area contributed by atoms with E-state index in [1.54, 1.807) is 43.5 Å². The summed E-state index contributed by atoms with van der Waals surface area (Å²) in [5, 5.41) is 11.8. The summed E-state index contributed by atoms with van der Waals surface area (Å²) in [4.78, 5) is 0. The summed E-state index contributed by atoms with van der Waals surface area (Å²) < 4.78 is 12.5. The van der Waals surface area contributed by atoms with E-state index in [0.29, 0.717) is 22.8 Å². The maximum atomic E-state index is 8.82. The van der Waals surface area contributed by atoms with Crippen LogP contribution in [0.15, 0.2) is 50.5 Å². The molecule has 0 heterocycles. The fraction of sp³-hybridized carbons (Fsp3) is 0.0714. The van der Waals surface area contributed by atoms with Crippen molar-refractivity contribution >= 4 is 37.7 Å². The van der Waals surface area contributed by atoms with Crippen molar-refractivity contribution in [1.82, 2.24) is 0 Å². The lowest BCUT2D eigenvalue weighted by molar-refractivity contribution is 0.318. The van der Waals surface area contributed by atoms with Crippen LogP contribution in [0, 0.1) is 0 Å². The van der Waals surface area contributed by atoms with Crippen LogP contribution in [0.3, 0.4) is 0 Å². The molecule has 0 fully saturated rings. The molecule has 0 aromatic heterocycles. The summed E-state index contributed by atoms with van der Waals surface area (Å²) in [7, 11) is 1.58. The van der Waals surface area contributed by atoms with E-state index in [0.717, 1.165) is 8.95 Å². The molecule has 0 atom stereocenters. The molecule has 0 spiro atoms. The van der Waals surface area contributed by atoms with Crippen LogP contribution in [0.4, 0.5) is 0 Å². The number of oxime groups is 1. The Bertz CT molecular complexity index is 690. The van der Waals surface area contributed by atoms with E-state index in [9.17, 15) is 0 Å². The van der Waals surface area contributed by atoms with Crippen molar-refractivity contribution in [2.45, 2.75) is 0 Å². The Morgan fingerprint density at radius 2 is 1.71 bits per heavy atom. The third-order valence-corrected chi connectivity index (χ3v) is 3.94. The van der Waals surface area contributed by atoms with Crippen LogP contribution in [0.5, 0.6) is 17.2 Å². The minimum Gasteiger partial charge on any atom is -0.496 e. The topological polar surface area (TPSA) is 77.1 Å². The molecular formula is C14H12Br2N2O3. The zero-order valence-electron chi connectivity index (χ0n) is 11.0. The van der Waals surface area contributed by atoms with Gasteiger partial charge in [0.05, 0.1) is 21.6 Å². The third-order valence-electron chi connectivity index (χ3n) is 2.70. The number of hydrogen-bond acceptors (Lipinski definition) is 4. The van der Waals surface area contributed by atoms with E-state index in [4.69, 9.17) is 20.4 Å². The van der Waals surface area contributed by atoms with Crippen LogP contribution < -0.4 is 15.2 Å². The fourth-order valence-corrected chi connectivity index (χ4v) is 2.57. The van der Waals surface area contributed by atoms with E-state index in [1.807, 2.05) is 0 Å². The van der Waals surface area contributed by atoms with Crippen LogP contribution in [0.1, 0.15) is 5.56 Å². The first-order valence-corrected chi connectivity index (χ1v) is 7.43. The standard InChI is InChI=1S/C14H12Br2N2O3/c1-20-12-6-10(16)13(7-9(12)15)21-11-5-3-2-4-8(11)14(17)18-19/h2-7,19H,1H3,(H2,17,18). The minimum atomic E-state index is -0.0192. The van der Waals surface area contributed by atoms with Gasteiger partial charge in [-0.15, -0.1) is 0 Å². The molecule has 0 unspecified atom stereocenters. The molecule has 0 aliphatic rings. The Hall–Kier alpha value is -1.73. The van der Waals surface area contributed by atoms with Crippen LogP contribution in [0.2, 0.25) is 0 Å². The van der Waals surface area contributed by atoms with Crippen molar-refractivity contribution in [1.29, 1.82) is 0 Å². The van der Waals surface area contributed by atoms with Gasteiger partial charge < -0.3 is 20.4 Å². The van der Waals surface area contributed by atoms with Crippen molar-refractivity contribution < 1.29 is 14.7 Å². The predicted octanol–water partition coefficient (Wildman–Crippen LogP) is 4.11. The lowest BCUT2D eigenvalue weighted by Crippen LogP contribution is -2.14. The van der Waals surface area contributed by atoms with E-state index in [1.165, 1.54) is 0 Å². The Morgan fingerprint density at radius 1 is 1.10 bits per heavy atom. The summed E-state index contributed by atoms with van der Waals surface area (Å²) in [6, 6.07) is 10.6. The number of ether oxygens (including phenoxy) is 2. The first kappa shape index (κ1) is 15.7. The highest BCUT2D eigenvalue weighted by Crippen LogP contribution is 2.38. The van der Waals surface area contributed by atoms with Gasteiger partial charge in [0.15, 0.2) is 5.84 Å². The Balaban J connectivity index is 2.42. The van der Waals surface area contributed by atoms with Gasteiger partial charge >= 0.3 is 0 Å². The molecule has 0 aliphatic carbocycles. The molecule has 2 aromatic carbocycles. The molecule has 0 saturated carbocycles. The van der Waals surface area contributed by atoms with Gasteiger partial charge in [0.1, 0.15) is 17.2 Å². The van der Waals surface area contributed by atoms with E-state index in [-0.39, 0.29) is 5.84 Å². The summed E-state index contributed by atoms with van der Waals surface area (Å²) >= 11 is 6.82. The summed E-state index contributed by atoms with van der Waals surface area (Å²) in [6.45, 7) is 0. The number of nitrogens with zero attached hydrogens (tertiary/aromatic N) is 1. The second-order valence-electron chi connectivity index (χ2n) is 4.00. The highest BCUT2D eigenvalue weighted by molar-refractivity contribution is 9.11. The average Bonchev–Trinajstić information content (AvgIpc) is 2.50. The molecule has 0 bridgehead atoms. The van der Waals surface area contributed by atoms with Gasteiger partial charge in [-0.2, -0.15) is 0 Å². The lowest BCUT2D eigenvalue weighted by Gasteiger charge is -2.13. The van der Waals surface area contributed by atoms with Crippen LogP contribution in [0.25, 0.3) is 0 Å². The monoisotopic (exact) mass is 414 g/mol. The molecule has 5 nitrogen and oxygen atoms in total. The average molecular weight is 416 g/mol. The molecule has 3 N–H and O–H groups in total. The molecular weight excluding hydrogens is 404 g/mol. The zero-order chi connectivity index (χ0) is 15.4. The second kappa shape index (κ2) is 6.82. The molecule has 0 amide bonds. The van der Waals surface area contributed by atoms with E-state index >= 15 is 0 Å². The van der Waals surface area contributed by atoms with Crippen LogP contribution in [-0.4, -0.2) is 18.2 Å². The maximum absolute atomic E-state index is 8.82. The van der Waals surface area contributed by atoms with Gasteiger partial charge in [-0.25, -0.2) is 0 Å². The highest BCUT2D eigenvalue weighted by atomic mass is 79.9. The van der Waals surface area contributed by atoms with Gasteiger partial charge in [-0.3, -0.25) is 0 Å². The van der Waals surface area contributed by atoms with Crippen molar-refractivity contribution in [3.05, 3.63) is 50.9 Å². The Kier molecular flexibility index (Phi) is 5.08. The van der Waals surface area contributed by atoms with Crippen LogP contribution >= 0.6 is 31.9 Å². The first-order valence-electron chi connectivity index (χ1n) is 5.84. The highest BCUT2D eigenvalue weighted by Gasteiger charge is 2.13. The lowest BCUT2D eigenvalue weighted by atomic mass is 10.2. The van der Waals surface area contributed by atoms with E-state index in [2.05, 4.69) is 37.0 Å². The number of rotatable bonds is 4. The van der Waals surface area contributed by atoms with Gasteiger partial charge in [0.2, 0.25) is 0 Å². The third kappa shape index (κ3) is 3.48. The van der Waals surface area contributed by atoms with E-state index < -0.39 is 0 Å². The number of amidine groups is 1. The molecule has 0 aliphatic heterocycles. The Labute approximate surface area is 138 Å². The van der Waals surface area contributed by atoms with Crippen molar-refractivity contribution in [3.8, 4) is 17.2 Å². The number of nitrogens with two attached hydrogens (primary N) is 1. The summed E-state index contributed by atoms with van der Waals surface area (Å²) in [5.74, 6) is 1.71. The number of benzene rings is 2. The minimum absolute atomic E-state index is 0.0192. The smallest absolute Gasteiger partial charge is 0.173 e. The van der Waals surface area contributed by atoms with Gasteiger partial charge in [-0.05, 0) is 56.1 Å². The number of methoxy groups -OCH3 is 1. The van der Waals surface area contributed by atoms with Crippen molar-refractivity contribution in [3.63, 3.8) is 0 Å². The summed E-state index contributed by atoms with van der Waals surface area (Å²) in [6.07, 6.45) is 0. The van der Waals surface area contributed by atoms with Crippen LogP contribution in [-0.2, 0) is 0 Å². The maximum Gasteiger partial charge on any atom is 0.173 e. The van der Waals surface area contributed by atoms with Gasteiger partial charge in [0, 0.05) is 0 Å². The van der Waals surface area contributed by atoms with Crippen molar-refractivity contribution in [2.75, 3.05) is 7.11 Å². The number of hydrogen-bond donors (Lipinski definition) is 2. The van der Waals surface area contributed by atoms with Gasteiger partial charge in [0.25, 0.3) is 0 Å². The number of halogens is 2. The largest absolute Gasteiger partial charge is 0.496 e. The van der Waals surface area contributed by atoms with Gasteiger partial charge in [-0.1, -0.05) is 17.3 Å². The molecule has 21 heavy (non-hydrogen) atoms. The fourth-order valence-electron chi connectivity index (χ4n) is 1.68. The molecule has 7 heteroatoms. The quantitative estimate of drug-likeness (QED) is 0.341. The number of para-hydroxylation sites is 1. The predicted molar refractivity (Wildman–Crippen MR) is 87.4 cm³/mol. The molecule has 0 radical (unpaired) electrons. The zero-order valence-corrected chi connectivity index (χ0v) is 14.2. The van der Waals surface area contributed by atoms with Crippen molar-refractivity contribution in [2.24, 2.45) is 10.9 Å². The molecule has 0 saturated heterocycles. The summed E-state index contributed by atoms with van der Waals surface area (Å²) in [5.41, 5.74) is 6.14. The normalized spacial score (nSPS) is 11.3.